The third kappa shape index (κ3) is 1.43. The Balaban J connectivity index is 2.59. The Labute approximate surface area is 77.3 Å². The summed E-state index contributed by atoms with van der Waals surface area (Å²) >= 11 is 1.19. The smallest absolute Gasteiger partial charge is 0.203 e. The number of hydrogen-bond donors (Lipinski definition) is 2. The molecule has 0 bridgehead atoms. The summed E-state index contributed by atoms with van der Waals surface area (Å²) in [6, 6.07) is 1.44. The first-order valence-electron chi connectivity index (χ1n) is 3.54. The van der Waals surface area contributed by atoms with E-state index in [0.717, 1.165) is 0 Å². The number of nitrogens with one attached hydrogen (secondary N) is 1. The Kier molecular flexibility index (Phi) is 1.82. The number of nitrogens with zero attached hydrogens (tertiary/aromatic N) is 2. The molecule has 0 saturated carbocycles. The maximum Gasteiger partial charge on any atom is 0.203 e. The van der Waals surface area contributed by atoms with Crippen LogP contribution in [0.3, 0.4) is 0 Å². The van der Waals surface area contributed by atoms with Gasteiger partial charge in [-0.05, 0) is 0 Å². The van der Waals surface area contributed by atoms with Gasteiger partial charge in [0.15, 0.2) is 10.4 Å². The zero-order chi connectivity index (χ0) is 9.26. The van der Waals surface area contributed by atoms with Crippen LogP contribution in [0, 0.1) is 0 Å². The van der Waals surface area contributed by atoms with Gasteiger partial charge in [0.05, 0.1) is 5.56 Å². The number of nitrogens with two attached hydrogens (primary N) is 1. The number of pyridine rings is 1. The van der Waals surface area contributed by atoms with Gasteiger partial charge in [0, 0.05) is 18.5 Å². The Morgan fingerprint density at radius 3 is 2.92 bits per heavy atom. The van der Waals surface area contributed by atoms with Gasteiger partial charge in [-0.1, -0.05) is 11.3 Å². The zero-order valence-corrected chi connectivity index (χ0v) is 7.34. The van der Waals surface area contributed by atoms with Crippen molar-refractivity contribution < 1.29 is 0 Å². The van der Waals surface area contributed by atoms with Gasteiger partial charge in [-0.2, -0.15) is 0 Å². The molecule has 0 fully saturated rings. The first-order valence-corrected chi connectivity index (χ1v) is 4.35. The van der Waals surface area contributed by atoms with Gasteiger partial charge in [0.25, 0.3) is 0 Å². The van der Waals surface area contributed by atoms with Gasteiger partial charge in [-0.15, -0.1) is 10.2 Å². The van der Waals surface area contributed by atoms with Crippen LogP contribution in [0.25, 0.3) is 10.6 Å². The maximum atomic E-state index is 11.3. The molecular weight excluding hydrogens is 188 g/mol. The van der Waals surface area contributed by atoms with Crippen molar-refractivity contribution in [3.05, 3.63) is 28.7 Å². The number of aromatic nitrogens is 3. The number of aromatic amines is 1. The van der Waals surface area contributed by atoms with E-state index >= 15 is 0 Å². The summed E-state index contributed by atoms with van der Waals surface area (Å²) in [5.41, 5.74) is 5.81. The van der Waals surface area contributed by atoms with Crippen LogP contribution in [0.15, 0.2) is 23.3 Å². The Morgan fingerprint density at radius 2 is 2.31 bits per heavy atom. The van der Waals surface area contributed by atoms with Crippen molar-refractivity contribution in [2.45, 2.75) is 0 Å². The number of H-pyrrole nitrogens is 1. The van der Waals surface area contributed by atoms with Crippen LogP contribution >= 0.6 is 11.3 Å². The van der Waals surface area contributed by atoms with E-state index in [4.69, 9.17) is 5.73 Å². The van der Waals surface area contributed by atoms with Gasteiger partial charge in [-0.3, -0.25) is 4.79 Å². The molecule has 0 aliphatic heterocycles. The molecule has 0 unspecified atom stereocenters. The molecule has 0 spiro atoms. The summed E-state index contributed by atoms with van der Waals surface area (Å²) in [4.78, 5) is 14.1. The van der Waals surface area contributed by atoms with E-state index in [-0.39, 0.29) is 5.43 Å². The number of nitrogen functional groups attached to an aromatic ring is 1. The highest BCUT2D eigenvalue weighted by molar-refractivity contribution is 7.18. The molecule has 0 aliphatic rings. The molecule has 6 heteroatoms. The second-order valence-corrected chi connectivity index (χ2v) is 3.38. The Bertz CT molecular complexity index is 475. The summed E-state index contributed by atoms with van der Waals surface area (Å²) < 4.78 is 0. The minimum atomic E-state index is -0.0881. The van der Waals surface area contributed by atoms with Crippen molar-refractivity contribution in [3.63, 3.8) is 0 Å². The highest BCUT2D eigenvalue weighted by Gasteiger charge is 2.06. The topological polar surface area (TPSA) is 84.7 Å². The SMILES string of the molecule is Nc1nnc(-c2c[nH]ccc2=O)s1. The highest BCUT2D eigenvalue weighted by atomic mass is 32.1. The van der Waals surface area contributed by atoms with E-state index in [1.54, 1.807) is 12.4 Å². The van der Waals surface area contributed by atoms with Crippen LogP contribution in [0.5, 0.6) is 0 Å². The van der Waals surface area contributed by atoms with Crippen LogP contribution in [-0.4, -0.2) is 15.2 Å². The zero-order valence-electron chi connectivity index (χ0n) is 6.52. The van der Waals surface area contributed by atoms with E-state index in [1.165, 1.54) is 17.4 Å². The molecule has 13 heavy (non-hydrogen) atoms. The summed E-state index contributed by atoms with van der Waals surface area (Å²) in [7, 11) is 0. The third-order valence-corrected chi connectivity index (χ3v) is 2.28. The van der Waals surface area contributed by atoms with Crippen molar-refractivity contribution in [2.75, 3.05) is 5.73 Å². The molecule has 0 aliphatic carbocycles. The molecule has 0 amide bonds. The Morgan fingerprint density at radius 1 is 1.46 bits per heavy atom. The molecule has 0 atom stereocenters. The van der Waals surface area contributed by atoms with Crippen LogP contribution < -0.4 is 11.2 Å². The molecule has 66 valence electrons. The van der Waals surface area contributed by atoms with Gasteiger partial charge < -0.3 is 10.7 Å². The lowest BCUT2D eigenvalue weighted by atomic mass is 10.3. The third-order valence-electron chi connectivity index (χ3n) is 1.50. The number of anilines is 1. The number of rotatable bonds is 1. The normalized spacial score (nSPS) is 10.2. The largest absolute Gasteiger partial charge is 0.374 e. The van der Waals surface area contributed by atoms with E-state index in [1.807, 2.05) is 0 Å². The Hall–Kier alpha value is -1.69. The maximum absolute atomic E-state index is 11.3. The molecule has 0 aromatic carbocycles. The molecule has 2 rings (SSSR count). The van der Waals surface area contributed by atoms with Crippen LogP contribution in [0.2, 0.25) is 0 Å². The van der Waals surface area contributed by atoms with Crippen molar-refractivity contribution in [1.82, 2.24) is 15.2 Å². The lowest BCUT2D eigenvalue weighted by Crippen LogP contribution is -2.01. The monoisotopic (exact) mass is 194 g/mol. The molecule has 0 saturated heterocycles. The first kappa shape index (κ1) is 7.93. The van der Waals surface area contributed by atoms with E-state index < -0.39 is 0 Å². The average Bonchev–Trinajstić information content (AvgIpc) is 2.53. The second kappa shape index (κ2) is 2.98. The quantitative estimate of drug-likeness (QED) is 0.691. The van der Waals surface area contributed by atoms with Crippen molar-refractivity contribution in [2.24, 2.45) is 0 Å². The fourth-order valence-electron chi connectivity index (χ4n) is 0.927. The fourth-order valence-corrected chi connectivity index (χ4v) is 1.56. The minimum absolute atomic E-state index is 0.0881. The van der Waals surface area contributed by atoms with E-state index in [0.29, 0.717) is 15.7 Å². The highest BCUT2D eigenvalue weighted by Crippen LogP contribution is 2.20. The summed E-state index contributed by atoms with van der Waals surface area (Å²) in [6.07, 6.45) is 3.15. The van der Waals surface area contributed by atoms with Crippen molar-refractivity contribution in [3.8, 4) is 10.6 Å². The van der Waals surface area contributed by atoms with Crippen molar-refractivity contribution in [1.29, 1.82) is 0 Å². The summed E-state index contributed by atoms with van der Waals surface area (Å²) in [5.74, 6) is 0. The van der Waals surface area contributed by atoms with Crippen LogP contribution in [-0.2, 0) is 0 Å². The molecule has 0 radical (unpaired) electrons. The molecule has 2 aromatic heterocycles. The molecule has 5 nitrogen and oxygen atoms in total. The number of hydrogen-bond acceptors (Lipinski definition) is 5. The molecule has 2 heterocycles. The average molecular weight is 194 g/mol. The van der Waals surface area contributed by atoms with E-state index in [9.17, 15) is 4.79 Å². The fraction of sp³-hybridized carbons (Fsp3) is 0. The van der Waals surface area contributed by atoms with E-state index in [2.05, 4.69) is 15.2 Å². The second-order valence-electron chi connectivity index (χ2n) is 2.37. The van der Waals surface area contributed by atoms with Gasteiger partial charge >= 0.3 is 0 Å². The molecule has 3 N–H and O–H groups in total. The predicted octanol–water partition coefficient (Wildman–Crippen LogP) is 0.476. The van der Waals surface area contributed by atoms with Crippen LogP contribution in [0.4, 0.5) is 5.13 Å². The predicted molar refractivity (Wildman–Crippen MR) is 50.4 cm³/mol. The van der Waals surface area contributed by atoms with Gasteiger partial charge in [-0.25, -0.2) is 0 Å². The molecular formula is C7H6N4OS. The lowest BCUT2D eigenvalue weighted by Gasteiger charge is -1.90. The van der Waals surface area contributed by atoms with Crippen LogP contribution in [0.1, 0.15) is 0 Å². The molecule has 2 aromatic rings. The van der Waals surface area contributed by atoms with Gasteiger partial charge in [0.1, 0.15) is 0 Å². The first-order chi connectivity index (χ1) is 6.27. The minimum Gasteiger partial charge on any atom is -0.374 e. The lowest BCUT2D eigenvalue weighted by molar-refractivity contribution is 1.10. The van der Waals surface area contributed by atoms with Gasteiger partial charge in [0.2, 0.25) is 5.13 Å². The summed E-state index contributed by atoms with van der Waals surface area (Å²) in [5, 5.41) is 8.30. The van der Waals surface area contributed by atoms with Crippen molar-refractivity contribution >= 4 is 16.5 Å². The standard InChI is InChI=1S/C7H6N4OS/c8-7-11-10-6(13-7)4-3-9-2-1-5(4)12/h1-3H,(H2,8,11)(H,9,12). The summed E-state index contributed by atoms with van der Waals surface area (Å²) in [6.45, 7) is 0.